The van der Waals surface area contributed by atoms with E-state index in [9.17, 15) is 4.79 Å². The van der Waals surface area contributed by atoms with Gasteiger partial charge in [0.15, 0.2) is 5.75 Å². The fourth-order valence-corrected chi connectivity index (χ4v) is 4.48. The molecule has 1 atom stereocenters. The summed E-state index contributed by atoms with van der Waals surface area (Å²) in [4.78, 5) is 15.4. The van der Waals surface area contributed by atoms with Crippen molar-refractivity contribution in [2.75, 3.05) is 6.54 Å². The second-order valence-electron chi connectivity index (χ2n) is 8.72. The minimum atomic E-state index is -0.0398. The van der Waals surface area contributed by atoms with E-state index < -0.39 is 0 Å². The zero-order chi connectivity index (χ0) is 21.8. The SMILES string of the molecule is CCc1ccc(CN2CCn3cc(OCc4ccccc4)c(=O)cc3C2C(C)C)cc1. The van der Waals surface area contributed by atoms with Gasteiger partial charge in [-0.05, 0) is 29.0 Å². The highest BCUT2D eigenvalue weighted by molar-refractivity contribution is 5.27. The topological polar surface area (TPSA) is 34.5 Å². The lowest BCUT2D eigenvalue weighted by molar-refractivity contribution is 0.109. The highest BCUT2D eigenvalue weighted by atomic mass is 16.5. The van der Waals surface area contributed by atoms with Crippen LogP contribution in [-0.2, 0) is 26.1 Å². The van der Waals surface area contributed by atoms with E-state index in [2.05, 4.69) is 54.5 Å². The van der Waals surface area contributed by atoms with Crippen molar-refractivity contribution in [2.45, 2.75) is 52.9 Å². The predicted molar refractivity (Wildman–Crippen MR) is 125 cm³/mol. The van der Waals surface area contributed by atoms with Gasteiger partial charge in [0.25, 0.3) is 0 Å². The van der Waals surface area contributed by atoms with Crippen molar-refractivity contribution in [3.63, 3.8) is 0 Å². The molecule has 1 aliphatic heterocycles. The lowest BCUT2D eigenvalue weighted by Crippen LogP contribution is -2.41. The van der Waals surface area contributed by atoms with Crippen LogP contribution in [0.15, 0.2) is 71.7 Å². The number of rotatable bonds is 7. The monoisotopic (exact) mass is 416 g/mol. The number of benzene rings is 2. The van der Waals surface area contributed by atoms with Crippen LogP contribution in [0.5, 0.6) is 5.75 Å². The van der Waals surface area contributed by atoms with Gasteiger partial charge in [-0.2, -0.15) is 0 Å². The highest BCUT2D eigenvalue weighted by Gasteiger charge is 2.30. The number of aryl methyl sites for hydroxylation is 1. The predicted octanol–water partition coefficient (Wildman–Crippen LogP) is 5.20. The summed E-state index contributed by atoms with van der Waals surface area (Å²) in [6, 6.07) is 20.9. The Morgan fingerprint density at radius 2 is 1.68 bits per heavy atom. The summed E-state index contributed by atoms with van der Waals surface area (Å²) < 4.78 is 8.09. The lowest BCUT2D eigenvalue weighted by Gasteiger charge is -2.40. The number of hydrogen-bond donors (Lipinski definition) is 0. The molecule has 0 saturated carbocycles. The van der Waals surface area contributed by atoms with Crippen LogP contribution < -0.4 is 10.2 Å². The fraction of sp³-hybridized carbons (Fsp3) is 0.370. The molecule has 162 valence electrons. The number of pyridine rings is 1. The van der Waals surface area contributed by atoms with Gasteiger partial charge in [0.1, 0.15) is 6.61 Å². The number of hydrogen-bond acceptors (Lipinski definition) is 3. The molecule has 4 nitrogen and oxygen atoms in total. The molecular weight excluding hydrogens is 384 g/mol. The quantitative estimate of drug-likeness (QED) is 0.531. The van der Waals surface area contributed by atoms with Crippen molar-refractivity contribution in [3.8, 4) is 5.75 Å². The van der Waals surface area contributed by atoms with Crippen LogP contribution >= 0.6 is 0 Å². The van der Waals surface area contributed by atoms with E-state index in [1.165, 1.54) is 11.1 Å². The van der Waals surface area contributed by atoms with Gasteiger partial charge in [0, 0.05) is 31.4 Å². The van der Waals surface area contributed by atoms with Crippen LogP contribution in [0, 0.1) is 5.92 Å². The molecule has 2 aromatic carbocycles. The number of nitrogens with zero attached hydrogens (tertiary/aromatic N) is 2. The summed E-state index contributed by atoms with van der Waals surface area (Å²) in [5.41, 5.74) is 4.79. The van der Waals surface area contributed by atoms with Gasteiger partial charge in [-0.3, -0.25) is 9.69 Å². The van der Waals surface area contributed by atoms with Gasteiger partial charge >= 0.3 is 0 Å². The minimum absolute atomic E-state index is 0.0398. The van der Waals surface area contributed by atoms with Crippen molar-refractivity contribution >= 4 is 0 Å². The number of ether oxygens (including phenoxy) is 1. The summed E-state index contributed by atoms with van der Waals surface area (Å²) in [7, 11) is 0. The molecule has 0 N–H and O–H groups in total. The second kappa shape index (κ2) is 9.52. The van der Waals surface area contributed by atoms with Crippen molar-refractivity contribution in [2.24, 2.45) is 5.92 Å². The Morgan fingerprint density at radius 3 is 2.35 bits per heavy atom. The molecule has 4 heteroatoms. The summed E-state index contributed by atoms with van der Waals surface area (Å²) in [6.45, 7) is 9.76. The van der Waals surface area contributed by atoms with Crippen molar-refractivity contribution in [1.82, 2.24) is 9.47 Å². The first-order chi connectivity index (χ1) is 15.0. The molecule has 0 saturated heterocycles. The zero-order valence-electron chi connectivity index (χ0n) is 18.8. The molecule has 1 aromatic heterocycles. The molecule has 4 rings (SSSR count). The third-order valence-corrected chi connectivity index (χ3v) is 6.14. The standard InChI is InChI=1S/C27H32N2O2/c1-4-21-10-12-22(13-11-21)17-29-15-14-28-18-26(31-19-23-8-6-5-7-9-23)25(30)16-24(28)27(29)20(2)3/h5-13,16,18,20,27H,4,14-15,17,19H2,1-3H3. The van der Waals surface area contributed by atoms with Gasteiger partial charge in [-0.15, -0.1) is 0 Å². The maximum absolute atomic E-state index is 12.9. The molecule has 31 heavy (non-hydrogen) atoms. The second-order valence-corrected chi connectivity index (χ2v) is 8.72. The first-order valence-corrected chi connectivity index (χ1v) is 11.3. The number of aromatic nitrogens is 1. The molecule has 1 aliphatic rings. The van der Waals surface area contributed by atoms with Gasteiger partial charge in [-0.1, -0.05) is 75.4 Å². The van der Waals surface area contributed by atoms with Crippen molar-refractivity contribution < 1.29 is 4.74 Å². The maximum atomic E-state index is 12.9. The van der Waals surface area contributed by atoms with Gasteiger partial charge < -0.3 is 9.30 Å². The van der Waals surface area contributed by atoms with Crippen LogP contribution in [0.3, 0.4) is 0 Å². The van der Waals surface area contributed by atoms with Crippen molar-refractivity contribution in [3.05, 3.63) is 99.5 Å². The molecule has 0 radical (unpaired) electrons. The van der Waals surface area contributed by atoms with Gasteiger partial charge in [-0.25, -0.2) is 0 Å². The van der Waals surface area contributed by atoms with E-state index in [1.807, 2.05) is 36.5 Å². The summed E-state index contributed by atoms with van der Waals surface area (Å²) >= 11 is 0. The Bertz CT molecular complexity index is 1050. The maximum Gasteiger partial charge on any atom is 0.223 e. The summed E-state index contributed by atoms with van der Waals surface area (Å²) in [5, 5.41) is 0. The first kappa shape index (κ1) is 21.4. The largest absolute Gasteiger partial charge is 0.483 e. The molecule has 2 heterocycles. The fourth-order valence-electron chi connectivity index (χ4n) is 4.48. The molecule has 0 fully saturated rings. The smallest absolute Gasteiger partial charge is 0.223 e. The van der Waals surface area contributed by atoms with Crippen LogP contribution in [0.4, 0.5) is 0 Å². The zero-order valence-corrected chi connectivity index (χ0v) is 18.8. The van der Waals surface area contributed by atoms with Crippen LogP contribution in [0.1, 0.15) is 49.2 Å². The molecule has 0 aliphatic carbocycles. The molecular formula is C27H32N2O2. The summed E-state index contributed by atoms with van der Waals surface area (Å²) in [6.07, 6.45) is 2.97. The van der Waals surface area contributed by atoms with Gasteiger partial charge in [0.2, 0.25) is 5.43 Å². The Morgan fingerprint density at radius 1 is 0.968 bits per heavy atom. The van der Waals surface area contributed by atoms with E-state index in [4.69, 9.17) is 4.74 Å². The van der Waals surface area contributed by atoms with E-state index in [0.717, 1.165) is 37.3 Å². The average molecular weight is 417 g/mol. The molecule has 0 amide bonds. The van der Waals surface area contributed by atoms with Crippen LogP contribution in [-0.4, -0.2) is 16.0 Å². The van der Waals surface area contributed by atoms with E-state index in [-0.39, 0.29) is 11.5 Å². The van der Waals surface area contributed by atoms with Crippen molar-refractivity contribution in [1.29, 1.82) is 0 Å². The third-order valence-electron chi connectivity index (χ3n) is 6.14. The minimum Gasteiger partial charge on any atom is -0.483 e. The van der Waals surface area contributed by atoms with E-state index in [1.54, 1.807) is 6.07 Å². The highest BCUT2D eigenvalue weighted by Crippen LogP contribution is 2.33. The molecule has 1 unspecified atom stereocenters. The number of fused-ring (bicyclic) bond motifs is 1. The Hall–Kier alpha value is -2.85. The first-order valence-electron chi connectivity index (χ1n) is 11.3. The Balaban J connectivity index is 1.55. The Labute approximate surface area is 185 Å². The Kier molecular flexibility index (Phi) is 6.57. The summed E-state index contributed by atoms with van der Waals surface area (Å²) in [5.74, 6) is 0.829. The molecule has 0 spiro atoms. The lowest BCUT2D eigenvalue weighted by atomic mass is 9.95. The molecule has 3 aromatic rings. The van der Waals surface area contributed by atoms with Crippen LogP contribution in [0.25, 0.3) is 0 Å². The van der Waals surface area contributed by atoms with E-state index >= 15 is 0 Å². The van der Waals surface area contributed by atoms with E-state index in [0.29, 0.717) is 18.3 Å². The van der Waals surface area contributed by atoms with Crippen LogP contribution in [0.2, 0.25) is 0 Å². The third kappa shape index (κ3) is 4.91. The molecule has 0 bridgehead atoms. The van der Waals surface area contributed by atoms with Gasteiger partial charge in [0.05, 0.1) is 12.2 Å². The average Bonchev–Trinajstić information content (AvgIpc) is 2.78. The normalized spacial score (nSPS) is 16.3.